The molecule has 5 rings (SSSR count). The molecule has 2 aromatic rings. The predicted octanol–water partition coefficient (Wildman–Crippen LogP) is 2.53. The van der Waals surface area contributed by atoms with Crippen molar-refractivity contribution >= 4 is 26.5 Å². The molecule has 3 heterocycles. The number of carbonyl (C=O) groups is 1. The number of fused-ring (bicyclic) bond motifs is 2. The number of hydrogen-bond donors (Lipinski definition) is 3. The number of hydrogen-bond acceptors (Lipinski definition) is 11. The number of aryl methyl sites for hydroxylation is 1. The zero-order valence-corrected chi connectivity index (χ0v) is 28.3. The number of aliphatic hydroxyl groups is 1. The first-order chi connectivity index (χ1) is 22.7. The summed E-state index contributed by atoms with van der Waals surface area (Å²) in [4.78, 5) is 14.1. The van der Waals surface area contributed by atoms with E-state index in [1.807, 2.05) is 13.8 Å². The molecule has 0 aromatic heterocycles. The molecule has 15 nitrogen and oxygen atoms in total. The highest BCUT2D eigenvalue weighted by Gasteiger charge is 2.49. The van der Waals surface area contributed by atoms with E-state index >= 15 is 0 Å². The van der Waals surface area contributed by atoms with Gasteiger partial charge in [0.1, 0.15) is 0 Å². The van der Waals surface area contributed by atoms with E-state index in [-0.39, 0.29) is 56.2 Å². The smallest absolute Gasteiger partial charge is 0.407 e. The number of aliphatic hydroxyl groups excluding tert-OH is 1. The molecule has 1 amide bonds. The van der Waals surface area contributed by atoms with Crippen molar-refractivity contribution in [2.75, 3.05) is 39.7 Å². The first-order valence-electron chi connectivity index (χ1n) is 15.7. The number of nitrogens with zero attached hydrogens (tertiary/aromatic N) is 2. The molecular weight excluding hydrogens is 672 g/mol. The van der Waals surface area contributed by atoms with Gasteiger partial charge in [0.15, 0.2) is 17.8 Å². The Hall–Kier alpha value is -3.03. The van der Waals surface area contributed by atoms with Gasteiger partial charge in [-0.3, -0.25) is 9.45 Å². The molecule has 3 N–H and O–H groups in total. The molecular formula is C31H42N2O13S2. The van der Waals surface area contributed by atoms with E-state index in [1.165, 1.54) is 27.4 Å². The molecule has 2 aromatic carbocycles. The Morgan fingerprint density at radius 1 is 1.00 bits per heavy atom. The summed E-state index contributed by atoms with van der Waals surface area (Å²) in [6.07, 6.45) is -1.85. The standard InChI is InChI=1S/C31H42N2O13S2/c1-20(2)16-32(47(37,38)23-9-10-28-29(15-23)45-19-44-28)17-27(34)25(33(31(35)36)26-18-43-30-24(26)11-13-42-30)14-22-7-5-21(6-8-22)4-3-12-46-48(39,40)41/h5-10,15,20,24-27,30,34H,3-4,11-14,16-19H2,1-2H3,(H,35,36)(H,39,40,41)/t24-,25-,26-,27+,30+/m0/s1. The lowest BCUT2D eigenvalue weighted by atomic mass is 9.93. The number of benzene rings is 2. The summed E-state index contributed by atoms with van der Waals surface area (Å²) in [6.45, 7) is 3.65. The highest BCUT2D eigenvalue weighted by molar-refractivity contribution is 7.89. The second-order valence-corrected chi connectivity index (χ2v) is 15.6. The van der Waals surface area contributed by atoms with Gasteiger partial charge in [-0.2, -0.15) is 12.7 Å². The summed E-state index contributed by atoms with van der Waals surface area (Å²) in [5, 5.41) is 22.5. The fourth-order valence-corrected chi connectivity index (χ4v) is 8.36. The number of carboxylic acid groups (broad SMARTS) is 1. The van der Waals surface area contributed by atoms with Gasteiger partial charge < -0.3 is 29.2 Å². The zero-order chi connectivity index (χ0) is 34.6. The monoisotopic (exact) mass is 714 g/mol. The first kappa shape index (κ1) is 36.3. The van der Waals surface area contributed by atoms with Crippen molar-refractivity contribution in [3.8, 4) is 11.5 Å². The van der Waals surface area contributed by atoms with Gasteiger partial charge in [0.05, 0.1) is 42.9 Å². The average Bonchev–Trinajstić information content (AvgIpc) is 3.77. The van der Waals surface area contributed by atoms with E-state index in [2.05, 4.69) is 4.18 Å². The van der Waals surface area contributed by atoms with Gasteiger partial charge in [-0.25, -0.2) is 17.4 Å². The van der Waals surface area contributed by atoms with Crippen molar-refractivity contribution in [3.05, 3.63) is 53.6 Å². The summed E-state index contributed by atoms with van der Waals surface area (Å²) in [6, 6.07) is 9.77. The van der Waals surface area contributed by atoms with Crippen LogP contribution in [0.3, 0.4) is 0 Å². The van der Waals surface area contributed by atoms with Crippen molar-refractivity contribution in [1.29, 1.82) is 0 Å². The lowest BCUT2D eigenvalue weighted by molar-refractivity contribution is -0.0906. The van der Waals surface area contributed by atoms with E-state index in [0.29, 0.717) is 42.9 Å². The van der Waals surface area contributed by atoms with Crippen LogP contribution < -0.4 is 9.47 Å². The molecule has 5 atom stereocenters. The Bertz CT molecular complexity index is 1640. The molecule has 0 spiro atoms. The Balaban J connectivity index is 1.41. The van der Waals surface area contributed by atoms with Crippen LogP contribution in [0.5, 0.6) is 11.5 Å². The lowest BCUT2D eigenvalue weighted by Crippen LogP contribution is -2.57. The third-order valence-electron chi connectivity index (χ3n) is 8.64. The van der Waals surface area contributed by atoms with Crippen molar-refractivity contribution in [2.24, 2.45) is 11.8 Å². The van der Waals surface area contributed by atoms with Gasteiger partial charge >= 0.3 is 16.5 Å². The highest BCUT2D eigenvalue weighted by Crippen LogP contribution is 2.37. The molecule has 17 heteroatoms. The normalized spacial score (nSPS) is 21.8. The molecule has 3 aliphatic heterocycles. The largest absolute Gasteiger partial charge is 0.465 e. The second kappa shape index (κ2) is 15.2. The predicted molar refractivity (Wildman–Crippen MR) is 169 cm³/mol. The summed E-state index contributed by atoms with van der Waals surface area (Å²) < 4.78 is 86.0. The van der Waals surface area contributed by atoms with E-state index in [4.69, 9.17) is 23.5 Å². The van der Waals surface area contributed by atoms with Crippen molar-refractivity contribution < 1.29 is 59.5 Å². The minimum atomic E-state index is -4.52. The average molecular weight is 715 g/mol. The molecule has 0 bridgehead atoms. The summed E-state index contributed by atoms with van der Waals surface area (Å²) >= 11 is 0. The Morgan fingerprint density at radius 2 is 1.71 bits per heavy atom. The van der Waals surface area contributed by atoms with Crippen LogP contribution in [-0.2, 0) is 46.9 Å². The maximum atomic E-state index is 14.0. The minimum absolute atomic E-state index is 0.0266. The number of ether oxygens (including phenoxy) is 4. The van der Waals surface area contributed by atoms with E-state index in [0.717, 1.165) is 5.56 Å². The fourth-order valence-electron chi connectivity index (χ4n) is 6.40. The van der Waals surface area contributed by atoms with E-state index in [1.54, 1.807) is 24.3 Å². The minimum Gasteiger partial charge on any atom is -0.465 e. The highest BCUT2D eigenvalue weighted by atomic mass is 32.3. The topological polar surface area (TPSA) is 199 Å². The van der Waals surface area contributed by atoms with Crippen LogP contribution in [0.2, 0.25) is 0 Å². The first-order valence-corrected chi connectivity index (χ1v) is 18.6. The molecule has 0 aliphatic carbocycles. The van der Waals surface area contributed by atoms with Crippen LogP contribution in [0.15, 0.2) is 47.4 Å². The van der Waals surface area contributed by atoms with Crippen molar-refractivity contribution in [3.63, 3.8) is 0 Å². The second-order valence-electron chi connectivity index (χ2n) is 12.5. The maximum absolute atomic E-state index is 14.0. The van der Waals surface area contributed by atoms with Crippen LogP contribution in [0, 0.1) is 11.8 Å². The molecule has 2 fully saturated rings. The SMILES string of the molecule is CC(C)CN(C[C@@H](O)[C@H](Cc1ccc(CCCOS(=O)(=O)O)cc1)N(C(=O)O)[C@H]1CO[C@H]2OCC[C@H]21)S(=O)(=O)c1ccc2c(c1)OCO2. The Labute approximate surface area is 280 Å². The Morgan fingerprint density at radius 3 is 2.40 bits per heavy atom. The van der Waals surface area contributed by atoms with Crippen LogP contribution >= 0.6 is 0 Å². The molecule has 3 aliphatic rings. The van der Waals surface area contributed by atoms with Crippen LogP contribution in [0.4, 0.5) is 4.79 Å². The number of rotatable bonds is 16. The number of sulfonamides is 1. The van der Waals surface area contributed by atoms with Crippen molar-refractivity contribution in [1.82, 2.24) is 9.21 Å². The quantitative estimate of drug-likeness (QED) is 0.170. The summed E-state index contributed by atoms with van der Waals surface area (Å²) in [5.74, 6) is 0.351. The van der Waals surface area contributed by atoms with Gasteiger partial charge in [0, 0.05) is 25.1 Å². The zero-order valence-electron chi connectivity index (χ0n) is 26.7. The summed E-state index contributed by atoms with van der Waals surface area (Å²) in [5.41, 5.74) is 1.54. The van der Waals surface area contributed by atoms with Crippen LogP contribution in [0.1, 0.15) is 37.8 Å². The summed E-state index contributed by atoms with van der Waals surface area (Å²) in [7, 11) is -8.68. The Kier molecular flexibility index (Phi) is 11.5. The van der Waals surface area contributed by atoms with Gasteiger partial charge in [0.2, 0.25) is 16.8 Å². The molecule has 2 saturated heterocycles. The number of amides is 1. The molecule has 0 unspecified atom stereocenters. The molecule has 0 saturated carbocycles. The van der Waals surface area contributed by atoms with Gasteiger partial charge in [-0.1, -0.05) is 38.1 Å². The van der Waals surface area contributed by atoms with Gasteiger partial charge in [-0.15, -0.1) is 0 Å². The third-order valence-corrected chi connectivity index (χ3v) is 10.9. The lowest BCUT2D eigenvalue weighted by Gasteiger charge is -2.39. The van der Waals surface area contributed by atoms with Crippen LogP contribution in [-0.4, -0.2) is 111 Å². The van der Waals surface area contributed by atoms with E-state index in [9.17, 15) is 31.8 Å². The maximum Gasteiger partial charge on any atom is 0.407 e. The van der Waals surface area contributed by atoms with Gasteiger partial charge in [0.25, 0.3) is 0 Å². The van der Waals surface area contributed by atoms with Gasteiger partial charge in [-0.05, 0) is 54.9 Å². The van der Waals surface area contributed by atoms with Crippen molar-refractivity contribution in [2.45, 2.75) is 68.9 Å². The fraction of sp³-hybridized carbons (Fsp3) is 0.581. The molecule has 266 valence electrons. The molecule has 48 heavy (non-hydrogen) atoms. The third kappa shape index (κ3) is 8.76. The molecule has 0 radical (unpaired) electrons. The van der Waals surface area contributed by atoms with Crippen LogP contribution in [0.25, 0.3) is 0 Å². The van der Waals surface area contributed by atoms with E-state index < -0.39 is 51.0 Å².